The molecule has 1 aromatic heterocycles. The van der Waals surface area contributed by atoms with Crippen LogP contribution in [0.15, 0.2) is 29.8 Å². The van der Waals surface area contributed by atoms with Gasteiger partial charge in [-0.15, -0.1) is 11.3 Å². The van der Waals surface area contributed by atoms with Crippen molar-refractivity contribution in [3.8, 4) is 10.4 Å². The van der Waals surface area contributed by atoms with Crippen LogP contribution in [0.25, 0.3) is 10.4 Å². The Kier molecular flexibility index (Phi) is 8.97. The summed E-state index contributed by atoms with van der Waals surface area (Å²) in [6.07, 6.45) is -1.17. The lowest BCUT2D eigenvalue weighted by atomic mass is 9.76. The molecule has 2 saturated heterocycles. The maximum atomic E-state index is 13.7. The van der Waals surface area contributed by atoms with Gasteiger partial charge >= 0.3 is 0 Å². The molecular weight excluding hydrogens is 504 g/mol. The Morgan fingerprint density at radius 3 is 2.61 bits per heavy atom. The van der Waals surface area contributed by atoms with E-state index in [1.54, 1.807) is 11.3 Å². The number of ether oxygens (including phenoxy) is 1. The van der Waals surface area contributed by atoms with Gasteiger partial charge in [0, 0.05) is 44.9 Å². The van der Waals surface area contributed by atoms with Gasteiger partial charge in [-0.1, -0.05) is 45.0 Å². The van der Waals surface area contributed by atoms with Gasteiger partial charge in [0.1, 0.15) is 12.1 Å². The normalized spacial score (nSPS) is 22.8. The van der Waals surface area contributed by atoms with Crippen LogP contribution in [0.1, 0.15) is 44.9 Å². The molecule has 2 aromatic rings. The van der Waals surface area contributed by atoms with Crippen LogP contribution in [0.4, 0.5) is 0 Å². The highest BCUT2D eigenvalue weighted by Gasteiger charge is 2.45. The Balaban J connectivity index is 1.41. The number of aromatic nitrogens is 1. The Labute approximate surface area is 228 Å². The van der Waals surface area contributed by atoms with E-state index in [0.29, 0.717) is 26.2 Å². The fourth-order valence-corrected chi connectivity index (χ4v) is 5.85. The second kappa shape index (κ2) is 12.0. The third-order valence-electron chi connectivity index (χ3n) is 7.33. The van der Waals surface area contributed by atoms with Crippen molar-refractivity contribution in [1.82, 2.24) is 20.5 Å². The number of hydrogen-bond acceptors (Lipinski definition) is 8. The number of morpholine rings is 1. The molecule has 206 valence electrons. The number of nitrogens with one attached hydrogen (secondary N) is 2. The summed E-state index contributed by atoms with van der Waals surface area (Å²) in [6, 6.07) is 7.15. The number of benzene rings is 1. The van der Waals surface area contributed by atoms with Crippen LogP contribution < -0.4 is 10.6 Å². The molecule has 0 bridgehead atoms. The van der Waals surface area contributed by atoms with Crippen LogP contribution in [0.3, 0.4) is 0 Å². The molecule has 0 spiro atoms. The highest BCUT2D eigenvalue weighted by Crippen LogP contribution is 2.34. The minimum Gasteiger partial charge on any atom is -0.391 e. The number of rotatable bonds is 8. The van der Waals surface area contributed by atoms with Gasteiger partial charge in [0.15, 0.2) is 5.78 Å². The molecule has 0 aliphatic carbocycles. The maximum Gasteiger partial charge on any atom is 0.243 e. The number of aryl methyl sites for hydroxylation is 1. The summed E-state index contributed by atoms with van der Waals surface area (Å²) in [6.45, 7) is 9.70. The van der Waals surface area contributed by atoms with Crippen LogP contribution in [0, 0.1) is 18.3 Å². The molecule has 38 heavy (non-hydrogen) atoms. The second-order valence-electron chi connectivity index (χ2n) is 11.2. The van der Waals surface area contributed by atoms with E-state index in [1.165, 1.54) is 4.90 Å². The molecule has 10 heteroatoms. The van der Waals surface area contributed by atoms with E-state index >= 15 is 0 Å². The van der Waals surface area contributed by atoms with Gasteiger partial charge in [-0.25, -0.2) is 4.98 Å². The van der Waals surface area contributed by atoms with Crippen molar-refractivity contribution >= 4 is 28.9 Å². The van der Waals surface area contributed by atoms with E-state index in [-0.39, 0.29) is 37.0 Å². The van der Waals surface area contributed by atoms with Gasteiger partial charge in [-0.3, -0.25) is 14.4 Å². The molecule has 4 atom stereocenters. The number of β-amino-alcohol motifs (C(OH)–C–C–N with tert-alkyl or cyclic N) is 1. The van der Waals surface area contributed by atoms with Crippen LogP contribution in [0.5, 0.6) is 0 Å². The van der Waals surface area contributed by atoms with Crippen molar-refractivity contribution < 1.29 is 24.2 Å². The Morgan fingerprint density at radius 1 is 1.26 bits per heavy atom. The zero-order chi connectivity index (χ0) is 27.4. The molecule has 1 aromatic carbocycles. The molecule has 2 amide bonds. The van der Waals surface area contributed by atoms with E-state index in [2.05, 4.69) is 15.6 Å². The number of thiazole rings is 1. The molecule has 2 fully saturated rings. The first kappa shape index (κ1) is 28.4. The monoisotopic (exact) mass is 542 g/mol. The first-order chi connectivity index (χ1) is 18.0. The van der Waals surface area contributed by atoms with Crippen LogP contribution in [-0.4, -0.2) is 77.1 Å². The highest BCUT2D eigenvalue weighted by molar-refractivity contribution is 7.13. The van der Waals surface area contributed by atoms with E-state index in [4.69, 9.17) is 4.74 Å². The third kappa shape index (κ3) is 6.66. The summed E-state index contributed by atoms with van der Waals surface area (Å²) >= 11 is 1.59. The molecule has 2 aliphatic rings. The Bertz CT molecular complexity index is 1140. The second-order valence-corrected chi connectivity index (χ2v) is 12.1. The number of likely N-dealkylation sites (tertiary alicyclic amines) is 1. The summed E-state index contributed by atoms with van der Waals surface area (Å²) in [5.41, 5.74) is 4.30. The minimum atomic E-state index is -0.793. The summed E-state index contributed by atoms with van der Waals surface area (Å²) < 4.78 is 5.60. The third-order valence-corrected chi connectivity index (χ3v) is 8.31. The van der Waals surface area contributed by atoms with Gasteiger partial charge in [0.05, 0.1) is 28.8 Å². The lowest BCUT2D eigenvalue weighted by Gasteiger charge is -2.35. The van der Waals surface area contributed by atoms with Crippen molar-refractivity contribution in [2.75, 3.05) is 26.2 Å². The smallest absolute Gasteiger partial charge is 0.243 e. The topological polar surface area (TPSA) is 121 Å². The summed E-state index contributed by atoms with van der Waals surface area (Å²) in [4.78, 5) is 46.8. The average Bonchev–Trinajstić information content (AvgIpc) is 3.50. The molecular formula is C28H38N4O5S. The quantitative estimate of drug-likeness (QED) is 0.468. The van der Waals surface area contributed by atoms with Gasteiger partial charge in [-0.05, 0) is 23.5 Å². The van der Waals surface area contributed by atoms with Crippen molar-refractivity contribution in [2.24, 2.45) is 11.3 Å². The van der Waals surface area contributed by atoms with E-state index in [9.17, 15) is 19.5 Å². The van der Waals surface area contributed by atoms with Gasteiger partial charge < -0.3 is 25.4 Å². The minimum absolute atomic E-state index is 0.0290. The largest absolute Gasteiger partial charge is 0.391 e. The van der Waals surface area contributed by atoms with Crippen LogP contribution >= 0.6 is 11.3 Å². The van der Waals surface area contributed by atoms with Gasteiger partial charge in [0.25, 0.3) is 0 Å². The number of ketones is 1. The number of Topliss-reactive ketones (excluding diaryl/α,β-unsaturated/α-hetero) is 1. The summed E-state index contributed by atoms with van der Waals surface area (Å²) in [5, 5.41) is 16.5. The van der Waals surface area contributed by atoms with Crippen molar-refractivity contribution in [3.63, 3.8) is 0 Å². The number of carbonyl (C=O) groups excluding carboxylic acids is 3. The van der Waals surface area contributed by atoms with Crippen LogP contribution in [-0.2, 0) is 25.7 Å². The number of hydrogen-bond donors (Lipinski definition) is 3. The van der Waals surface area contributed by atoms with E-state index < -0.39 is 29.6 Å². The maximum absolute atomic E-state index is 13.7. The SMILES string of the molecule is Cc1ncsc1-c1ccc(CNC(=O)[C@@H]2C[C@@H](O)CN2C(=O)[C@@H](CC(=O)C2CNCCO2)C(C)(C)C)cc1. The summed E-state index contributed by atoms with van der Waals surface area (Å²) in [7, 11) is 0. The zero-order valence-electron chi connectivity index (χ0n) is 22.5. The number of carbonyl (C=O) groups is 3. The van der Waals surface area contributed by atoms with Gasteiger partial charge in [0.2, 0.25) is 11.8 Å². The molecule has 1 unspecified atom stereocenters. The van der Waals surface area contributed by atoms with E-state index in [0.717, 1.165) is 21.7 Å². The molecule has 4 rings (SSSR count). The number of aliphatic hydroxyl groups excluding tert-OH is 1. The fraction of sp³-hybridized carbons (Fsp3) is 0.571. The molecule has 2 aliphatic heterocycles. The van der Waals surface area contributed by atoms with Gasteiger partial charge in [-0.2, -0.15) is 0 Å². The first-order valence-corrected chi connectivity index (χ1v) is 14.0. The molecule has 0 radical (unpaired) electrons. The van der Waals surface area contributed by atoms with Crippen molar-refractivity contribution in [2.45, 2.75) is 65.3 Å². The molecule has 3 N–H and O–H groups in total. The first-order valence-electron chi connectivity index (χ1n) is 13.1. The lowest BCUT2D eigenvalue weighted by Crippen LogP contribution is -2.51. The van der Waals surface area contributed by atoms with Crippen LogP contribution in [0.2, 0.25) is 0 Å². The lowest BCUT2D eigenvalue weighted by molar-refractivity contribution is -0.148. The number of aliphatic hydroxyl groups is 1. The molecule has 3 heterocycles. The Morgan fingerprint density at radius 2 is 2.00 bits per heavy atom. The average molecular weight is 543 g/mol. The summed E-state index contributed by atoms with van der Waals surface area (Å²) in [5.74, 6) is -1.35. The fourth-order valence-electron chi connectivity index (χ4n) is 5.03. The predicted octanol–water partition coefficient (Wildman–Crippen LogP) is 2.31. The Hall–Kier alpha value is -2.66. The van der Waals surface area contributed by atoms with Crippen molar-refractivity contribution in [3.05, 3.63) is 41.0 Å². The number of nitrogens with zero attached hydrogens (tertiary/aromatic N) is 2. The molecule has 0 saturated carbocycles. The number of amides is 2. The van der Waals surface area contributed by atoms with Crippen molar-refractivity contribution in [1.29, 1.82) is 0 Å². The standard InChI is InChI=1S/C28H38N4O5S/c1-17-25(38-16-31-17)19-7-5-18(6-8-19)13-30-26(35)22-11-20(33)15-32(22)27(36)21(28(2,3)4)12-23(34)24-14-29-9-10-37-24/h5-8,16,20-22,24,29,33H,9-15H2,1-4H3,(H,30,35)/t20-,21-,22+,24?/m1/s1. The highest BCUT2D eigenvalue weighted by atomic mass is 32.1. The zero-order valence-corrected chi connectivity index (χ0v) is 23.3. The predicted molar refractivity (Wildman–Crippen MR) is 145 cm³/mol. The van der Waals surface area contributed by atoms with E-state index in [1.807, 2.05) is 57.5 Å². The molecule has 9 nitrogen and oxygen atoms in total.